The van der Waals surface area contributed by atoms with E-state index in [-0.39, 0.29) is 5.60 Å². The summed E-state index contributed by atoms with van der Waals surface area (Å²) in [6.07, 6.45) is 12.5. The lowest BCUT2D eigenvalue weighted by Gasteiger charge is -2.37. The van der Waals surface area contributed by atoms with Crippen LogP contribution in [0.25, 0.3) is 0 Å². The third-order valence-corrected chi connectivity index (χ3v) is 7.84. The lowest BCUT2D eigenvalue weighted by atomic mass is 9.85. The Kier molecular flexibility index (Phi) is 11.6. The van der Waals surface area contributed by atoms with Crippen molar-refractivity contribution in [3.8, 4) is 11.5 Å². The molecule has 1 aromatic carbocycles. The third-order valence-electron chi connectivity index (χ3n) is 7.84. The second-order valence-electron chi connectivity index (χ2n) is 11.9. The summed E-state index contributed by atoms with van der Waals surface area (Å²) in [6, 6.07) is 0.913. The summed E-state index contributed by atoms with van der Waals surface area (Å²) in [5.74, 6) is 3.76. The van der Waals surface area contributed by atoms with Crippen molar-refractivity contribution in [1.82, 2.24) is 5.32 Å². The van der Waals surface area contributed by atoms with Gasteiger partial charge in [0.15, 0.2) is 0 Å². The predicted octanol–water partition coefficient (Wildman–Crippen LogP) is 7.99. The molecule has 0 bridgehead atoms. The predicted molar refractivity (Wildman–Crippen MR) is 147 cm³/mol. The number of carbonyl (C=O) groups excluding carboxylic acids is 2. The second kappa shape index (κ2) is 13.9. The molecule has 0 unspecified atom stereocenters. The van der Waals surface area contributed by atoms with Crippen LogP contribution in [0.2, 0.25) is 0 Å². The van der Waals surface area contributed by atoms with Crippen molar-refractivity contribution in [2.45, 2.75) is 125 Å². The van der Waals surface area contributed by atoms with Crippen LogP contribution in [-0.2, 0) is 6.42 Å². The Hall–Kier alpha value is -2.24. The Morgan fingerprint density at radius 2 is 1.58 bits per heavy atom. The van der Waals surface area contributed by atoms with Gasteiger partial charge in [-0.05, 0) is 87.0 Å². The lowest BCUT2D eigenvalue weighted by molar-refractivity contribution is 0.0514. The lowest BCUT2D eigenvalue weighted by Crippen LogP contribution is -2.38. The Labute approximate surface area is 219 Å². The highest BCUT2D eigenvalue weighted by Gasteiger charge is 2.33. The van der Waals surface area contributed by atoms with Gasteiger partial charge in [-0.1, -0.05) is 72.6 Å². The normalized spacial score (nSPS) is 18.8. The number of nitrogens with two attached hydrogens (primary N) is 1. The summed E-state index contributed by atoms with van der Waals surface area (Å²) in [5.41, 5.74) is 7.65. The zero-order valence-electron chi connectivity index (χ0n) is 23.8. The van der Waals surface area contributed by atoms with Crippen LogP contribution in [0.1, 0.15) is 116 Å². The number of rotatable bonds is 13. The van der Waals surface area contributed by atoms with Gasteiger partial charge in [0.25, 0.3) is 0 Å². The van der Waals surface area contributed by atoms with Crippen molar-refractivity contribution in [3.05, 3.63) is 22.8 Å². The molecule has 1 heterocycles. The molecule has 6 nitrogen and oxygen atoms in total. The largest absolute Gasteiger partial charge is 0.487 e. The summed E-state index contributed by atoms with van der Waals surface area (Å²) < 4.78 is 11.9. The number of fused-ring (bicyclic) bond motifs is 1. The second-order valence-corrected chi connectivity index (χ2v) is 11.9. The van der Waals surface area contributed by atoms with Crippen LogP contribution in [-0.4, -0.2) is 17.7 Å². The number of amides is 3. The van der Waals surface area contributed by atoms with Gasteiger partial charge >= 0.3 is 12.1 Å². The summed E-state index contributed by atoms with van der Waals surface area (Å²) in [7, 11) is 0. The fraction of sp³-hybridized carbons (Fsp3) is 0.733. The Morgan fingerprint density at radius 3 is 2.17 bits per heavy atom. The minimum Gasteiger partial charge on any atom is -0.487 e. The van der Waals surface area contributed by atoms with E-state index in [9.17, 15) is 9.59 Å². The van der Waals surface area contributed by atoms with Gasteiger partial charge < -0.3 is 15.2 Å². The zero-order valence-corrected chi connectivity index (χ0v) is 23.8. The summed E-state index contributed by atoms with van der Waals surface area (Å²) >= 11 is 0. The van der Waals surface area contributed by atoms with Crippen LogP contribution in [0.4, 0.5) is 9.59 Å². The topological polar surface area (TPSA) is 90.6 Å². The molecule has 0 aliphatic carbocycles. The molecule has 36 heavy (non-hydrogen) atoms. The van der Waals surface area contributed by atoms with Gasteiger partial charge in [-0.15, -0.1) is 0 Å². The highest BCUT2D eigenvalue weighted by Crippen LogP contribution is 2.42. The van der Waals surface area contributed by atoms with E-state index in [1.165, 1.54) is 51.4 Å². The van der Waals surface area contributed by atoms with Crippen LogP contribution in [0.15, 0.2) is 6.07 Å². The van der Waals surface area contributed by atoms with E-state index in [1.54, 1.807) is 0 Å². The zero-order chi connectivity index (χ0) is 26.9. The van der Waals surface area contributed by atoms with Crippen LogP contribution in [0.5, 0.6) is 11.5 Å². The van der Waals surface area contributed by atoms with Gasteiger partial charge in [-0.3, -0.25) is 0 Å². The highest BCUT2D eigenvalue weighted by atomic mass is 16.6. The standard InChI is InChI=1S/C30H50N2O4/c1-20(2)11-8-12-21(3)13-9-14-22(4)15-10-17-30(7)18-16-25-19-26(35-29(34)32-28(31)33)23(5)24(6)27(25)36-30/h19-22H,8-18H2,1-7H3,(H3,31,32,33,34)/t21-,22-,30-/m1/s1. The van der Waals surface area contributed by atoms with Crippen molar-refractivity contribution in [3.63, 3.8) is 0 Å². The number of ether oxygens (including phenoxy) is 2. The Bertz CT molecular complexity index is 882. The number of carbonyl (C=O) groups is 2. The molecular weight excluding hydrogens is 452 g/mol. The minimum absolute atomic E-state index is 0.180. The average molecular weight is 503 g/mol. The van der Waals surface area contributed by atoms with Crippen LogP contribution < -0.4 is 20.5 Å². The van der Waals surface area contributed by atoms with Gasteiger partial charge in [-0.25, -0.2) is 14.9 Å². The number of aryl methyl sites for hydroxylation is 1. The van der Waals surface area contributed by atoms with E-state index in [1.807, 2.05) is 25.2 Å². The monoisotopic (exact) mass is 502 g/mol. The third kappa shape index (κ3) is 9.67. The first kappa shape index (κ1) is 30.0. The van der Waals surface area contributed by atoms with Crippen LogP contribution >= 0.6 is 0 Å². The first-order valence-electron chi connectivity index (χ1n) is 14.0. The van der Waals surface area contributed by atoms with Crippen LogP contribution in [0.3, 0.4) is 0 Å². The molecule has 1 aromatic rings. The number of imide groups is 1. The van der Waals surface area contributed by atoms with E-state index in [0.717, 1.165) is 59.5 Å². The number of nitrogens with one attached hydrogen (secondary N) is 1. The molecule has 0 saturated carbocycles. The fourth-order valence-electron chi connectivity index (χ4n) is 5.26. The number of hydrogen-bond acceptors (Lipinski definition) is 4. The highest BCUT2D eigenvalue weighted by molar-refractivity contribution is 5.90. The van der Waals surface area contributed by atoms with Gasteiger partial charge in [0.05, 0.1) is 0 Å². The molecule has 1 aliphatic heterocycles. The molecule has 0 spiro atoms. The molecule has 0 fully saturated rings. The number of primary amides is 1. The molecule has 6 heteroatoms. The van der Waals surface area contributed by atoms with E-state index < -0.39 is 12.1 Å². The van der Waals surface area contributed by atoms with Crippen molar-refractivity contribution in [2.75, 3.05) is 0 Å². The van der Waals surface area contributed by atoms with Gasteiger partial charge in [0.2, 0.25) is 0 Å². The molecule has 3 amide bonds. The van der Waals surface area contributed by atoms with Crippen molar-refractivity contribution < 1.29 is 19.1 Å². The maximum atomic E-state index is 11.8. The molecule has 204 valence electrons. The van der Waals surface area contributed by atoms with Gasteiger partial charge in [0.1, 0.15) is 17.1 Å². The average Bonchev–Trinajstić information content (AvgIpc) is 2.77. The smallest absolute Gasteiger partial charge is 0.420 e. The van der Waals surface area contributed by atoms with Gasteiger partial charge in [-0.2, -0.15) is 0 Å². The number of benzene rings is 1. The molecular formula is C30H50N2O4. The van der Waals surface area contributed by atoms with Crippen molar-refractivity contribution in [2.24, 2.45) is 23.5 Å². The maximum Gasteiger partial charge on any atom is 0.420 e. The van der Waals surface area contributed by atoms with Crippen molar-refractivity contribution in [1.29, 1.82) is 0 Å². The number of urea groups is 1. The molecule has 0 saturated heterocycles. The Morgan fingerprint density at radius 1 is 1.00 bits per heavy atom. The molecule has 0 aromatic heterocycles. The summed E-state index contributed by atoms with van der Waals surface area (Å²) in [6.45, 7) is 15.5. The molecule has 1 aliphatic rings. The Balaban J connectivity index is 1.81. The minimum atomic E-state index is -0.938. The first-order valence-corrected chi connectivity index (χ1v) is 14.0. The van der Waals surface area contributed by atoms with Crippen molar-refractivity contribution >= 4 is 12.1 Å². The van der Waals surface area contributed by atoms with E-state index >= 15 is 0 Å². The quantitative estimate of drug-likeness (QED) is 0.286. The van der Waals surface area contributed by atoms with E-state index in [0.29, 0.717) is 5.75 Å². The first-order chi connectivity index (χ1) is 16.9. The fourth-order valence-corrected chi connectivity index (χ4v) is 5.26. The molecule has 3 N–H and O–H groups in total. The van der Waals surface area contributed by atoms with Crippen LogP contribution in [0, 0.1) is 31.6 Å². The molecule has 3 atom stereocenters. The summed E-state index contributed by atoms with van der Waals surface area (Å²) in [4.78, 5) is 22.7. The van der Waals surface area contributed by atoms with E-state index in [4.69, 9.17) is 15.2 Å². The molecule has 0 radical (unpaired) electrons. The molecule has 2 rings (SSSR count). The summed E-state index contributed by atoms with van der Waals surface area (Å²) in [5, 5.41) is 1.94. The SMILES string of the molecule is Cc1c(OC(=O)NC(N)=O)cc2c(c1C)O[C@](C)(CCC[C@H](C)CCC[C@H](C)CCCC(C)C)CC2. The van der Waals surface area contributed by atoms with E-state index in [2.05, 4.69) is 34.6 Å². The number of hydrogen-bond donors (Lipinski definition) is 2. The van der Waals surface area contributed by atoms with Gasteiger partial charge in [0, 0.05) is 0 Å². The maximum absolute atomic E-state index is 11.8.